The molecule has 0 radical (unpaired) electrons. The van der Waals surface area contributed by atoms with Gasteiger partial charge in [-0.25, -0.2) is 4.90 Å². The number of carbonyl (C=O) groups excluding carboxylic acids is 2. The highest BCUT2D eigenvalue weighted by atomic mass is 16.6. The minimum atomic E-state index is -0.495. The molecule has 0 bridgehead atoms. The number of aryl methyl sites for hydroxylation is 2. The van der Waals surface area contributed by atoms with E-state index in [0.717, 1.165) is 11.1 Å². The third kappa shape index (κ3) is 3.23. The van der Waals surface area contributed by atoms with Crippen molar-refractivity contribution in [3.63, 3.8) is 0 Å². The van der Waals surface area contributed by atoms with Gasteiger partial charge in [0.05, 0.1) is 21.7 Å². The summed E-state index contributed by atoms with van der Waals surface area (Å²) in [5.74, 6) is -0.0373. The molecule has 0 saturated heterocycles. The number of rotatable bonds is 4. The van der Waals surface area contributed by atoms with Crippen LogP contribution in [0, 0.1) is 24.0 Å². The Kier molecular flexibility index (Phi) is 4.35. The molecule has 0 saturated carbocycles. The molecule has 3 aromatic carbocycles. The Morgan fingerprint density at radius 1 is 0.828 bits per heavy atom. The van der Waals surface area contributed by atoms with E-state index < -0.39 is 10.8 Å². The largest absolute Gasteiger partial charge is 0.457 e. The normalized spacial score (nSPS) is 12.8. The molecular weight excluding hydrogens is 372 g/mol. The predicted octanol–water partition coefficient (Wildman–Crippen LogP) is 4.80. The van der Waals surface area contributed by atoms with Gasteiger partial charge in [-0.1, -0.05) is 17.7 Å². The number of amides is 2. The molecule has 0 aromatic heterocycles. The van der Waals surface area contributed by atoms with E-state index in [2.05, 4.69) is 0 Å². The standard InChI is InChI=1S/C22H16N2O5/c1-13-3-10-20(14(2)11-13)23-21(25)18-9-8-17(12-19(18)22(23)26)29-16-6-4-15(5-7-16)24(27)28/h3-12H,1-2H3. The second-order valence-electron chi connectivity index (χ2n) is 6.80. The molecule has 0 spiro atoms. The fraction of sp³-hybridized carbons (Fsp3) is 0.0909. The number of fused-ring (bicyclic) bond motifs is 1. The first-order valence-corrected chi connectivity index (χ1v) is 8.87. The lowest BCUT2D eigenvalue weighted by Crippen LogP contribution is -2.30. The van der Waals surface area contributed by atoms with Crippen molar-refractivity contribution >= 4 is 23.2 Å². The second kappa shape index (κ2) is 6.87. The molecule has 144 valence electrons. The van der Waals surface area contributed by atoms with Gasteiger partial charge in [-0.2, -0.15) is 0 Å². The number of carbonyl (C=O) groups is 2. The zero-order chi connectivity index (χ0) is 20.7. The van der Waals surface area contributed by atoms with Gasteiger partial charge in [0.2, 0.25) is 0 Å². The summed E-state index contributed by atoms with van der Waals surface area (Å²) in [5.41, 5.74) is 2.96. The van der Waals surface area contributed by atoms with Crippen molar-refractivity contribution in [3.8, 4) is 11.5 Å². The Labute approximate surface area is 166 Å². The van der Waals surface area contributed by atoms with Gasteiger partial charge in [-0.3, -0.25) is 19.7 Å². The number of nitro benzene ring substituents is 1. The van der Waals surface area contributed by atoms with Crippen LogP contribution in [0.2, 0.25) is 0 Å². The van der Waals surface area contributed by atoms with Crippen LogP contribution in [0.3, 0.4) is 0 Å². The molecule has 29 heavy (non-hydrogen) atoms. The molecule has 0 unspecified atom stereocenters. The van der Waals surface area contributed by atoms with E-state index in [4.69, 9.17) is 4.74 Å². The molecule has 0 fully saturated rings. The highest BCUT2D eigenvalue weighted by molar-refractivity contribution is 6.34. The van der Waals surface area contributed by atoms with Gasteiger partial charge >= 0.3 is 0 Å². The van der Waals surface area contributed by atoms with E-state index in [9.17, 15) is 19.7 Å². The van der Waals surface area contributed by atoms with Gasteiger partial charge in [0.1, 0.15) is 11.5 Å². The van der Waals surface area contributed by atoms with E-state index in [1.54, 1.807) is 18.2 Å². The van der Waals surface area contributed by atoms with Gasteiger partial charge in [0.25, 0.3) is 17.5 Å². The smallest absolute Gasteiger partial charge is 0.269 e. The summed E-state index contributed by atoms with van der Waals surface area (Å²) in [4.78, 5) is 37.2. The summed E-state index contributed by atoms with van der Waals surface area (Å²) >= 11 is 0. The monoisotopic (exact) mass is 388 g/mol. The molecule has 0 atom stereocenters. The summed E-state index contributed by atoms with van der Waals surface area (Å²) in [7, 11) is 0. The summed E-state index contributed by atoms with van der Waals surface area (Å²) in [6.07, 6.45) is 0. The molecule has 1 aliphatic heterocycles. The van der Waals surface area contributed by atoms with Crippen molar-refractivity contribution in [2.75, 3.05) is 4.90 Å². The lowest BCUT2D eigenvalue weighted by atomic mass is 10.1. The first-order valence-electron chi connectivity index (χ1n) is 8.87. The molecular formula is C22H16N2O5. The molecule has 1 aliphatic rings. The number of hydrogen-bond acceptors (Lipinski definition) is 5. The SMILES string of the molecule is Cc1ccc(N2C(=O)c3ccc(Oc4ccc([N+](=O)[O-])cc4)cc3C2=O)c(C)c1. The highest BCUT2D eigenvalue weighted by Crippen LogP contribution is 2.34. The Hall–Kier alpha value is -4.00. The lowest BCUT2D eigenvalue weighted by molar-refractivity contribution is -0.384. The fourth-order valence-corrected chi connectivity index (χ4v) is 3.33. The van der Waals surface area contributed by atoms with E-state index >= 15 is 0 Å². The first kappa shape index (κ1) is 18.4. The third-order valence-electron chi connectivity index (χ3n) is 4.73. The van der Waals surface area contributed by atoms with E-state index in [-0.39, 0.29) is 17.2 Å². The molecule has 7 nitrogen and oxygen atoms in total. The van der Waals surface area contributed by atoms with Gasteiger partial charge < -0.3 is 4.74 Å². The van der Waals surface area contributed by atoms with Crippen molar-refractivity contribution in [2.24, 2.45) is 0 Å². The lowest BCUT2D eigenvalue weighted by Gasteiger charge is -2.16. The van der Waals surface area contributed by atoms with Crippen LogP contribution in [-0.4, -0.2) is 16.7 Å². The Balaban J connectivity index is 1.64. The Morgan fingerprint density at radius 3 is 2.14 bits per heavy atom. The van der Waals surface area contributed by atoms with Crippen LogP contribution in [0.4, 0.5) is 11.4 Å². The summed E-state index contributed by atoms with van der Waals surface area (Å²) in [6.45, 7) is 3.80. The van der Waals surface area contributed by atoms with E-state index in [1.165, 1.54) is 35.2 Å². The molecule has 2 amide bonds. The van der Waals surface area contributed by atoms with Crippen molar-refractivity contribution in [3.05, 3.63) is 93.0 Å². The van der Waals surface area contributed by atoms with Crippen molar-refractivity contribution < 1.29 is 19.2 Å². The first-order chi connectivity index (χ1) is 13.8. The summed E-state index contributed by atoms with van der Waals surface area (Å²) in [5, 5.41) is 10.7. The van der Waals surface area contributed by atoms with Gasteiger partial charge in [0, 0.05) is 12.1 Å². The minimum Gasteiger partial charge on any atom is -0.457 e. The molecule has 0 aliphatic carbocycles. The highest BCUT2D eigenvalue weighted by Gasteiger charge is 2.37. The third-order valence-corrected chi connectivity index (χ3v) is 4.73. The Morgan fingerprint density at radius 2 is 1.48 bits per heavy atom. The van der Waals surface area contributed by atoms with Crippen LogP contribution in [0.5, 0.6) is 11.5 Å². The number of imide groups is 1. The number of ether oxygens (including phenoxy) is 1. The van der Waals surface area contributed by atoms with Crippen molar-refractivity contribution in [1.29, 1.82) is 0 Å². The van der Waals surface area contributed by atoms with Crippen LogP contribution in [0.25, 0.3) is 0 Å². The number of anilines is 1. The predicted molar refractivity (Wildman–Crippen MR) is 107 cm³/mol. The molecule has 4 rings (SSSR count). The maximum Gasteiger partial charge on any atom is 0.269 e. The number of nitro groups is 1. The fourth-order valence-electron chi connectivity index (χ4n) is 3.33. The Bertz CT molecular complexity index is 1170. The molecule has 0 N–H and O–H groups in total. The summed E-state index contributed by atoms with van der Waals surface area (Å²) in [6, 6.07) is 15.8. The number of nitrogens with zero attached hydrogens (tertiary/aromatic N) is 2. The molecule has 1 heterocycles. The zero-order valence-corrected chi connectivity index (χ0v) is 15.7. The van der Waals surface area contributed by atoms with Crippen LogP contribution in [0.15, 0.2) is 60.7 Å². The van der Waals surface area contributed by atoms with Gasteiger partial charge in [-0.15, -0.1) is 0 Å². The quantitative estimate of drug-likeness (QED) is 0.364. The van der Waals surface area contributed by atoms with Gasteiger partial charge in [-0.05, 0) is 55.8 Å². The number of hydrogen-bond donors (Lipinski definition) is 0. The molecule has 7 heteroatoms. The molecule has 3 aromatic rings. The minimum absolute atomic E-state index is 0.0452. The van der Waals surface area contributed by atoms with Crippen LogP contribution < -0.4 is 9.64 Å². The average Bonchev–Trinajstić information content (AvgIpc) is 2.93. The number of non-ortho nitro benzene ring substituents is 1. The zero-order valence-electron chi connectivity index (χ0n) is 15.7. The van der Waals surface area contributed by atoms with Crippen LogP contribution in [-0.2, 0) is 0 Å². The van der Waals surface area contributed by atoms with Crippen LogP contribution in [0.1, 0.15) is 31.8 Å². The van der Waals surface area contributed by atoms with Crippen LogP contribution >= 0.6 is 0 Å². The maximum absolute atomic E-state index is 12.9. The maximum atomic E-state index is 12.9. The number of benzene rings is 3. The van der Waals surface area contributed by atoms with E-state index in [0.29, 0.717) is 22.7 Å². The summed E-state index contributed by atoms with van der Waals surface area (Å²) < 4.78 is 5.70. The van der Waals surface area contributed by atoms with Crippen molar-refractivity contribution in [1.82, 2.24) is 0 Å². The second-order valence-corrected chi connectivity index (χ2v) is 6.80. The van der Waals surface area contributed by atoms with Crippen molar-refractivity contribution in [2.45, 2.75) is 13.8 Å². The van der Waals surface area contributed by atoms with Gasteiger partial charge in [0.15, 0.2) is 0 Å². The average molecular weight is 388 g/mol. The topological polar surface area (TPSA) is 89.8 Å². The van der Waals surface area contributed by atoms with E-state index in [1.807, 2.05) is 26.0 Å².